The van der Waals surface area contributed by atoms with E-state index in [0.29, 0.717) is 11.4 Å². The molecule has 0 saturated carbocycles. The predicted octanol–water partition coefficient (Wildman–Crippen LogP) is 2.63. The lowest BCUT2D eigenvalue weighted by atomic mass is 10.1. The van der Waals surface area contributed by atoms with Crippen molar-refractivity contribution in [3.63, 3.8) is 0 Å². The fourth-order valence-corrected chi connectivity index (χ4v) is 1.77. The zero-order valence-corrected chi connectivity index (χ0v) is 9.68. The van der Waals surface area contributed by atoms with E-state index in [1.54, 1.807) is 12.1 Å². The fraction of sp³-hybridized carbons (Fsp3) is 0. The van der Waals surface area contributed by atoms with Gasteiger partial charge >= 0.3 is 10.5 Å². The second kappa shape index (κ2) is 4.80. The van der Waals surface area contributed by atoms with Crippen LogP contribution in [0.2, 0.25) is 0 Å². The number of nitrogens with zero attached hydrogens (tertiary/aromatic N) is 1. The summed E-state index contributed by atoms with van der Waals surface area (Å²) in [6.07, 6.45) is 0. The highest BCUT2D eigenvalue weighted by molar-refractivity contribution is 7.61. The Morgan fingerprint density at radius 1 is 0.824 bits per heavy atom. The summed E-state index contributed by atoms with van der Waals surface area (Å²) in [5.74, 6) is 0. The van der Waals surface area contributed by atoms with Crippen LogP contribution in [-0.2, 0) is 10.5 Å². The Kier molecular flexibility index (Phi) is 3.20. The third-order valence-electron chi connectivity index (χ3n) is 2.29. The van der Waals surface area contributed by atoms with E-state index in [-0.39, 0.29) is 0 Å². The smallest absolute Gasteiger partial charge is 0.316 e. The molecular weight excluding hydrogens is 236 g/mol. The third kappa shape index (κ3) is 2.92. The third-order valence-corrected chi connectivity index (χ3v) is 2.65. The van der Waals surface area contributed by atoms with E-state index in [0.717, 1.165) is 11.1 Å². The van der Waals surface area contributed by atoms with Crippen molar-refractivity contribution in [1.82, 2.24) is 0 Å². The van der Waals surface area contributed by atoms with Gasteiger partial charge in [-0.2, -0.15) is 8.42 Å². The summed E-state index contributed by atoms with van der Waals surface area (Å²) in [5.41, 5.74) is 8.73. The molecule has 0 unspecified atom stereocenters. The van der Waals surface area contributed by atoms with Crippen LogP contribution in [0.25, 0.3) is 11.1 Å². The zero-order valence-electron chi connectivity index (χ0n) is 8.87. The fourth-order valence-electron chi connectivity index (χ4n) is 1.48. The Balaban J connectivity index is 2.35. The number of nitrogen functional groups attached to an aromatic ring is 1. The maximum absolute atomic E-state index is 10.4. The number of hydrogen-bond acceptors (Lipinski definition) is 4. The molecule has 2 N–H and O–H groups in total. The number of nitrogens with two attached hydrogens (primary N) is 1. The average Bonchev–Trinajstić information content (AvgIpc) is 2.30. The van der Waals surface area contributed by atoms with Crippen LogP contribution >= 0.6 is 0 Å². The molecule has 0 amide bonds. The van der Waals surface area contributed by atoms with Crippen molar-refractivity contribution in [3.05, 3.63) is 48.5 Å². The molecule has 0 radical (unpaired) electrons. The Labute approximate surface area is 100 Å². The van der Waals surface area contributed by atoms with Crippen LogP contribution in [0.4, 0.5) is 11.4 Å². The minimum Gasteiger partial charge on any atom is -0.399 e. The zero-order chi connectivity index (χ0) is 12.3. The van der Waals surface area contributed by atoms with Gasteiger partial charge in [0.2, 0.25) is 0 Å². The molecule has 0 aliphatic rings. The van der Waals surface area contributed by atoms with Crippen LogP contribution in [-0.4, -0.2) is 8.42 Å². The first-order valence-corrected chi connectivity index (χ1v) is 5.95. The monoisotopic (exact) mass is 246 g/mol. The van der Waals surface area contributed by atoms with E-state index in [2.05, 4.69) is 4.36 Å². The van der Waals surface area contributed by atoms with E-state index in [1.807, 2.05) is 36.4 Å². The van der Waals surface area contributed by atoms with Crippen LogP contribution in [0.3, 0.4) is 0 Å². The second-order valence-electron chi connectivity index (χ2n) is 3.48. The molecule has 2 aromatic carbocycles. The van der Waals surface area contributed by atoms with Crippen LogP contribution in [0.5, 0.6) is 0 Å². The highest BCUT2D eigenvalue weighted by Crippen LogP contribution is 2.23. The van der Waals surface area contributed by atoms with Crippen molar-refractivity contribution in [2.75, 3.05) is 5.73 Å². The van der Waals surface area contributed by atoms with Gasteiger partial charge in [-0.05, 0) is 35.4 Å². The largest absolute Gasteiger partial charge is 0.399 e. The van der Waals surface area contributed by atoms with Gasteiger partial charge in [-0.1, -0.05) is 24.3 Å². The first kappa shape index (κ1) is 11.3. The summed E-state index contributed by atoms with van der Waals surface area (Å²) in [5, 5.41) is 0. The summed E-state index contributed by atoms with van der Waals surface area (Å²) in [4.78, 5) is 0. The minimum absolute atomic E-state index is 0.414. The van der Waals surface area contributed by atoms with Gasteiger partial charge in [-0.15, -0.1) is 4.36 Å². The molecule has 0 saturated heterocycles. The molecule has 0 aromatic heterocycles. The van der Waals surface area contributed by atoms with Gasteiger partial charge in [0.25, 0.3) is 0 Å². The van der Waals surface area contributed by atoms with Crippen molar-refractivity contribution in [2.45, 2.75) is 0 Å². The van der Waals surface area contributed by atoms with Crippen LogP contribution in [0.1, 0.15) is 0 Å². The van der Waals surface area contributed by atoms with E-state index < -0.39 is 10.5 Å². The maximum Gasteiger partial charge on any atom is 0.316 e. The predicted molar refractivity (Wildman–Crippen MR) is 67.3 cm³/mol. The Bertz CT molecular complexity index is 636. The molecule has 2 aromatic rings. The highest BCUT2D eigenvalue weighted by Gasteiger charge is 1.97. The average molecular weight is 246 g/mol. The molecule has 0 bridgehead atoms. The summed E-state index contributed by atoms with van der Waals surface area (Å²) >= 11 is 0. The summed E-state index contributed by atoms with van der Waals surface area (Å²) in [6.45, 7) is 0. The number of hydrogen-bond donors (Lipinski definition) is 1. The van der Waals surface area contributed by atoms with Crippen molar-refractivity contribution in [3.8, 4) is 11.1 Å². The summed E-state index contributed by atoms with van der Waals surface area (Å²) < 4.78 is 24.2. The number of benzene rings is 2. The van der Waals surface area contributed by atoms with Gasteiger partial charge in [0.1, 0.15) is 0 Å². The molecule has 4 nitrogen and oxygen atoms in total. The quantitative estimate of drug-likeness (QED) is 0.828. The van der Waals surface area contributed by atoms with E-state index in [4.69, 9.17) is 5.73 Å². The van der Waals surface area contributed by atoms with E-state index >= 15 is 0 Å². The first-order chi connectivity index (χ1) is 8.15. The van der Waals surface area contributed by atoms with Gasteiger partial charge in [0.05, 0.1) is 5.69 Å². The van der Waals surface area contributed by atoms with Gasteiger partial charge in [-0.3, -0.25) is 0 Å². The van der Waals surface area contributed by atoms with Gasteiger partial charge in [0.15, 0.2) is 0 Å². The molecular formula is C12H10N2O2S. The van der Waals surface area contributed by atoms with Crippen LogP contribution < -0.4 is 5.73 Å². The molecule has 0 heterocycles. The molecule has 86 valence electrons. The molecule has 0 aliphatic carbocycles. The minimum atomic E-state index is -2.41. The molecule has 17 heavy (non-hydrogen) atoms. The van der Waals surface area contributed by atoms with E-state index in [9.17, 15) is 8.42 Å². The Hall–Kier alpha value is -2.14. The second-order valence-corrected chi connectivity index (χ2v) is 4.09. The van der Waals surface area contributed by atoms with Gasteiger partial charge in [0, 0.05) is 5.69 Å². The van der Waals surface area contributed by atoms with Crippen molar-refractivity contribution in [2.24, 2.45) is 4.36 Å². The van der Waals surface area contributed by atoms with E-state index in [1.165, 1.54) is 0 Å². The lowest BCUT2D eigenvalue weighted by Crippen LogP contribution is -1.83. The molecule has 0 atom stereocenters. The van der Waals surface area contributed by atoms with Crippen molar-refractivity contribution < 1.29 is 8.42 Å². The van der Waals surface area contributed by atoms with Crippen molar-refractivity contribution in [1.29, 1.82) is 0 Å². The lowest BCUT2D eigenvalue weighted by Gasteiger charge is -2.02. The highest BCUT2D eigenvalue weighted by atomic mass is 32.2. The topological polar surface area (TPSA) is 72.5 Å². The normalized spacial score (nSPS) is 9.88. The Morgan fingerprint density at radius 2 is 1.29 bits per heavy atom. The van der Waals surface area contributed by atoms with Crippen LogP contribution in [0.15, 0.2) is 52.9 Å². The number of anilines is 1. The van der Waals surface area contributed by atoms with Gasteiger partial charge in [-0.25, -0.2) is 0 Å². The summed E-state index contributed by atoms with van der Waals surface area (Å²) in [7, 11) is -2.41. The molecule has 2 rings (SSSR count). The standard InChI is InChI=1S/C12H10N2O2S/c13-11-5-1-9(2-6-11)10-3-7-12(8-4-10)14-17(15)16/h1-8H,13H2. The number of rotatable bonds is 2. The molecule has 5 heteroatoms. The maximum atomic E-state index is 10.4. The molecule has 0 fully saturated rings. The molecule has 0 aliphatic heterocycles. The first-order valence-electron chi connectivity index (χ1n) is 4.92. The van der Waals surface area contributed by atoms with Crippen molar-refractivity contribution >= 4 is 21.9 Å². The lowest BCUT2D eigenvalue weighted by molar-refractivity contribution is 0.622. The molecule has 0 spiro atoms. The van der Waals surface area contributed by atoms with Gasteiger partial charge < -0.3 is 5.73 Å². The Morgan fingerprint density at radius 3 is 1.76 bits per heavy atom. The SMILES string of the molecule is Nc1ccc(-c2ccc(N=S(=O)=O)cc2)cc1. The van der Waals surface area contributed by atoms with Crippen LogP contribution in [0, 0.1) is 0 Å². The summed E-state index contributed by atoms with van der Waals surface area (Å²) in [6, 6.07) is 14.4.